The molecule has 0 atom stereocenters. The summed E-state index contributed by atoms with van der Waals surface area (Å²) in [5, 5.41) is 0. The van der Waals surface area contributed by atoms with Crippen LogP contribution < -0.4 is 0 Å². The molecule has 6 heteroatoms. The molecule has 0 heterocycles. The molecule has 0 saturated carbocycles. The van der Waals surface area contributed by atoms with E-state index in [1.807, 2.05) is 0 Å². The van der Waals surface area contributed by atoms with Crippen molar-refractivity contribution >= 4 is 10.1 Å². The fourth-order valence-corrected chi connectivity index (χ4v) is 0.849. The van der Waals surface area contributed by atoms with Gasteiger partial charge in [-0.2, -0.15) is 0 Å². The fourth-order valence-electron chi connectivity index (χ4n) is 0.378. The predicted octanol–water partition coefficient (Wildman–Crippen LogP) is -0.500. The van der Waals surface area contributed by atoms with Gasteiger partial charge in [0.1, 0.15) is 0 Å². The molecule has 0 N–H and O–H groups in total. The molecule has 0 aliphatic rings. The Kier molecular flexibility index (Phi) is 4.54. The van der Waals surface area contributed by atoms with Gasteiger partial charge in [-0.15, -0.1) is 0 Å². The lowest BCUT2D eigenvalue weighted by atomic mass is 10.5. The van der Waals surface area contributed by atoms with E-state index >= 15 is 0 Å². The van der Waals surface area contributed by atoms with Gasteiger partial charge in [0.2, 0.25) is 0 Å². The zero-order valence-corrected chi connectivity index (χ0v) is 6.39. The summed E-state index contributed by atoms with van der Waals surface area (Å²) in [6.45, 7) is 0.123. The molecule has 0 aliphatic carbocycles. The summed E-state index contributed by atoms with van der Waals surface area (Å²) in [6.07, 6.45) is 0.166. The monoisotopic (exact) mass is 169 g/mol. The molecule has 0 spiro atoms. The first-order chi connectivity index (χ1) is 4.56. The molecule has 5 nitrogen and oxygen atoms in total. The summed E-state index contributed by atoms with van der Waals surface area (Å²) in [7, 11) is -2.78. The first kappa shape index (κ1) is 9.83. The lowest BCUT2D eigenvalue weighted by Crippen LogP contribution is -2.07. The molecule has 10 heavy (non-hydrogen) atoms. The predicted molar refractivity (Wildman–Crippen MR) is 32.1 cm³/mol. The third-order valence-corrected chi connectivity index (χ3v) is 1.53. The van der Waals surface area contributed by atoms with Crippen molar-refractivity contribution in [2.45, 2.75) is 6.42 Å². The standard InChI is InChI=1S/C4H10O5S/c1-8-9-3-2-4-10(5,6)7/h2-4H2,1H3,(H,5,6,7)/p-1. The Morgan fingerprint density at radius 1 is 1.50 bits per heavy atom. The van der Waals surface area contributed by atoms with E-state index in [2.05, 4.69) is 9.78 Å². The van der Waals surface area contributed by atoms with Gasteiger partial charge in [-0.05, 0) is 6.42 Å². The molecule has 0 radical (unpaired) electrons. The highest BCUT2D eigenvalue weighted by Crippen LogP contribution is 1.88. The van der Waals surface area contributed by atoms with Crippen molar-refractivity contribution in [2.75, 3.05) is 19.5 Å². The lowest BCUT2D eigenvalue weighted by Gasteiger charge is -2.04. The Labute approximate surface area is 59.6 Å². The molecular formula is C4H9O5S-. The fraction of sp³-hybridized carbons (Fsp3) is 1.00. The highest BCUT2D eigenvalue weighted by molar-refractivity contribution is 7.85. The molecule has 0 unspecified atom stereocenters. The first-order valence-electron chi connectivity index (χ1n) is 2.65. The lowest BCUT2D eigenvalue weighted by molar-refractivity contribution is -0.271. The molecule has 0 aromatic rings. The zero-order chi connectivity index (χ0) is 8.04. The summed E-state index contributed by atoms with van der Waals surface area (Å²) in [6, 6.07) is 0. The van der Waals surface area contributed by atoms with Crippen LogP contribution in [0.3, 0.4) is 0 Å². The molecule has 0 amide bonds. The minimum Gasteiger partial charge on any atom is -0.748 e. The van der Waals surface area contributed by atoms with Crippen LogP contribution in [0, 0.1) is 0 Å². The number of hydrogen-bond acceptors (Lipinski definition) is 5. The second kappa shape index (κ2) is 4.62. The van der Waals surface area contributed by atoms with Crippen LogP contribution in [0.1, 0.15) is 6.42 Å². The average molecular weight is 169 g/mol. The molecule has 0 saturated heterocycles. The molecule has 0 bridgehead atoms. The molecule has 0 rings (SSSR count). The van der Waals surface area contributed by atoms with Gasteiger partial charge in [0.05, 0.1) is 23.8 Å². The van der Waals surface area contributed by atoms with Crippen LogP contribution in [0.15, 0.2) is 0 Å². The third-order valence-electron chi connectivity index (χ3n) is 0.740. The summed E-state index contributed by atoms with van der Waals surface area (Å²) in [5.41, 5.74) is 0. The van der Waals surface area contributed by atoms with E-state index in [1.165, 1.54) is 7.11 Å². The minimum absolute atomic E-state index is 0.123. The maximum atomic E-state index is 9.94. The Hall–Kier alpha value is -0.170. The van der Waals surface area contributed by atoms with E-state index in [0.717, 1.165) is 0 Å². The van der Waals surface area contributed by atoms with Gasteiger partial charge in [0.15, 0.2) is 0 Å². The summed E-state index contributed by atoms with van der Waals surface area (Å²) < 4.78 is 29.8. The van der Waals surface area contributed by atoms with Gasteiger partial charge >= 0.3 is 0 Å². The third kappa shape index (κ3) is 7.83. The Morgan fingerprint density at radius 2 is 2.10 bits per heavy atom. The van der Waals surface area contributed by atoms with Crippen LogP contribution in [-0.2, 0) is 19.9 Å². The van der Waals surface area contributed by atoms with Crippen molar-refractivity contribution in [3.63, 3.8) is 0 Å². The van der Waals surface area contributed by atoms with Gasteiger partial charge in [-0.25, -0.2) is 18.2 Å². The van der Waals surface area contributed by atoms with Crippen LogP contribution in [-0.4, -0.2) is 32.4 Å². The summed E-state index contributed by atoms with van der Waals surface area (Å²) in [5.74, 6) is -0.406. The molecule has 62 valence electrons. The topological polar surface area (TPSA) is 75.7 Å². The number of hydrogen-bond donors (Lipinski definition) is 0. The van der Waals surface area contributed by atoms with Gasteiger partial charge in [-0.3, -0.25) is 0 Å². The second-order valence-electron chi connectivity index (χ2n) is 1.60. The van der Waals surface area contributed by atoms with Crippen molar-refractivity contribution in [2.24, 2.45) is 0 Å². The maximum absolute atomic E-state index is 9.94. The normalized spacial score (nSPS) is 11.8. The maximum Gasteiger partial charge on any atom is 0.0946 e. The zero-order valence-electron chi connectivity index (χ0n) is 5.57. The van der Waals surface area contributed by atoms with Crippen LogP contribution in [0.5, 0.6) is 0 Å². The Morgan fingerprint density at radius 3 is 2.50 bits per heavy atom. The molecule has 0 aliphatic heterocycles. The van der Waals surface area contributed by atoms with Crippen LogP contribution in [0.4, 0.5) is 0 Å². The van der Waals surface area contributed by atoms with Gasteiger partial charge in [0.25, 0.3) is 0 Å². The Balaban J connectivity index is 3.21. The SMILES string of the molecule is COOCCCS(=O)(=O)[O-]. The minimum atomic E-state index is -4.09. The van der Waals surface area contributed by atoms with Crippen molar-refractivity contribution in [1.82, 2.24) is 0 Å². The average Bonchev–Trinajstić information content (AvgIpc) is 1.78. The van der Waals surface area contributed by atoms with E-state index in [1.54, 1.807) is 0 Å². The van der Waals surface area contributed by atoms with Crippen LogP contribution in [0.2, 0.25) is 0 Å². The van der Waals surface area contributed by atoms with Gasteiger partial charge < -0.3 is 4.55 Å². The molecular weight excluding hydrogens is 160 g/mol. The largest absolute Gasteiger partial charge is 0.748 e. The second-order valence-corrected chi connectivity index (χ2v) is 3.13. The first-order valence-corrected chi connectivity index (χ1v) is 4.23. The van der Waals surface area contributed by atoms with Crippen molar-refractivity contribution < 1.29 is 22.7 Å². The molecule has 0 fully saturated rings. The number of rotatable bonds is 5. The van der Waals surface area contributed by atoms with E-state index < -0.39 is 15.9 Å². The Bertz CT molecular complexity index is 160. The van der Waals surface area contributed by atoms with Gasteiger partial charge in [0, 0.05) is 5.75 Å². The highest BCUT2D eigenvalue weighted by Gasteiger charge is 1.94. The van der Waals surface area contributed by atoms with Crippen LogP contribution >= 0.6 is 0 Å². The van der Waals surface area contributed by atoms with Gasteiger partial charge in [-0.1, -0.05) is 0 Å². The smallest absolute Gasteiger partial charge is 0.0946 e. The van der Waals surface area contributed by atoms with Crippen molar-refractivity contribution in [1.29, 1.82) is 0 Å². The van der Waals surface area contributed by atoms with Crippen molar-refractivity contribution in [3.05, 3.63) is 0 Å². The summed E-state index contributed by atoms with van der Waals surface area (Å²) in [4.78, 5) is 8.49. The van der Waals surface area contributed by atoms with E-state index in [-0.39, 0.29) is 13.0 Å². The van der Waals surface area contributed by atoms with E-state index in [9.17, 15) is 13.0 Å². The quantitative estimate of drug-likeness (QED) is 0.240. The highest BCUT2D eigenvalue weighted by atomic mass is 32.2. The molecule has 0 aromatic carbocycles. The van der Waals surface area contributed by atoms with Crippen molar-refractivity contribution in [3.8, 4) is 0 Å². The van der Waals surface area contributed by atoms with E-state index in [4.69, 9.17) is 0 Å². The molecule has 0 aromatic heterocycles. The van der Waals surface area contributed by atoms with Crippen LogP contribution in [0.25, 0.3) is 0 Å². The van der Waals surface area contributed by atoms with E-state index in [0.29, 0.717) is 0 Å². The summed E-state index contributed by atoms with van der Waals surface area (Å²) >= 11 is 0.